The van der Waals surface area contributed by atoms with Crippen molar-refractivity contribution < 1.29 is 18.0 Å². The number of hydrogen-bond acceptors (Lipinski definition) is 4. The van der Waals surface area contributed by atoms with Crippen molar-refractivity contribution >= 4 is 27.3 Å². The predicted octanol–water partition coefficient (Wildman–Crippen LogP) is 2.20. The SMILES string of the molecule is CCc1cccc(CC)c1N(CCC(=O)N(C)C1CCS(=O)(=O)C1)C(C)=O. The topological polar surface area (TPSA) is 74.8 Å². The molecule has 0 aliphatic carbocycles. The van der Waals surface area contributed by atoms with Gasteiger partial charge in [-0.3, -0.25) is 9.59 Å². The minimum absolute atomic E-state index is 0.0321. The van der Waals surface area contributed by atoms with Crippen LogP contribution < -0.4 is 4.90 Å². The standard InChI is InChI=1S/C20H30N2O4S/c1-5-16-8-7-9-17(6-2)20(16)22(15(3)23)12-10-19(24)21(4)18-11-13-27(25,26)14-18/h7-9,18H,5-6,10-14H2,1-4H3. The van der Waals surface area contributed by atoms with E-state index >= 15 is 0 Å². The monoisotopic (exact) mass is 394 g/mol. The normalized spacial score (nSPS) is 18.3. The summed E-state index contributed by atoms with van der Waals surface area (Å²) in [5, 5.41) is 0. The molecule has 2 amide bonds. The number of nitrogens with zero attached hydrogens (tertiary/aromatic N) is 2. The molecule has 2 rings (SSSR count). The van der Waals surface area contributed by atoms with Crippen LogP contribution in [0.4, 0.5) is 5.69 Å². The zero-order valence-electron chi connectivity index (χ0n) is 16.7. The van der Waals surface area contributed by atoms with Gasteiger partial charge < -0.3 is 9.80 Å². The number of carbonyl (C=O) groups is 2. The second-order valence-corrected chi connectivity index (χ2v) is 9.34. The average Bonchev–Trinajstić information content (AvgIpc) is 3.00. The van der Waals surface area contributed by atoms with Crippen molar-refractivity contribution in [2.75, 3.05) is 30.0 Å². The number of rotatable bonds is 7. The summed E-state index contributed by atoms with van der Waals surface area (Å²) in [6.45, 7) is 5.91. The number of benzene rings is 1. The number of aryl methyl sites for hydroxylation is 2. The van der Waals surface area contributed by atoms with E-state index in [4.69, 9.17) is 0 Å². The van der Waals surface area contributed by atoms with Gasteiger partial charge in [0.25, 0.3) is 0 Å². The molecule has 1 aliphatic heterocycles. The quantitative estimate of drug-likeness (QED) is 0.711. The van der Waals surface area contributed by atoms with Crippen LogP contribution in [-0.4, -0.2) is 56.3 Å². The molecule has 1 heterocycles. The third-order valence-electron chi connectivity index (χ3n) is 5.31. The summed E-state index contributed by atoms with van der Waals surface area (Å²) in [7, 11) is -1.38. The summed E-state index contributed by atoms with van der Waals surface area (Å²) in [6, 6.07) is 5.77. The van der Waals surface area contributed by atoms with Crippen LogP contribution in [0, 0.1) is 0 Å². The van der Waals surface area contributed by atoms with Gasteiger partial charge in [0.2, 0.25) is 11.8 Å². The lowest BCUT2D eigenvalue weighted by molar-refractivity contribution is -0.131. The molecule has 27 heavy (non-hydrogen) atoms. The van der Waals surface area contributed by atoms with E-state index in [0.717, 1.165) is 29.7 Å². The molecule has 0 saturated carbocycles. The first-order chi connectivity index (χ1) is 12.7. The highest BCUT2D eigenvalue weighted by Crippen LogP contribution is 2.28. The molecule has 1 atom stereocenters. The van der Waals surface area contributed by atoms with Crippen molar-refractivity contribution in [3.05, 3.63) is 29.3 Å². The minimum atomic E-state index is -3.04. The molecule has 6 nitrogen and oxygen atoms in total. The van der Waals surface area contributed by atoms with Crippen molar-refractivity contribution in [3.8, 4) is 0 Å². The lowest BCUT2D eigenvalue weighted by atomic mass is 10.0. The van der Waals surface area contributed by atoms with Gasteiger partial charge in [0.1, 0.15) is 0 Å². The summed E-state index contributed by atoms with van der Waals surface area (Å²) >= 11 is 0. The molecule has 0 bridgehead atoms. The summed E-state index contributed by atoms with van der Waals surface area (Å²) < 4.78 is 23.3. The maximum Gasteiger partial charge on any atom is 0.224 e. The largest absolute Gasteiger partial charge is 0.342 e. The van der Waals surface area contributed by atoms with E-state index in [1.54, 1.807) is 11.9 Å². The number of para-hydroxylation sites is 1. The van der Waals surface area contributed by atoms with Gasteiger partial charge >= 0.3 is 0 Å². The molecule has 1 aliphatic rings. The lowest BCUT2D eigenvalue weighted by Gasteiger charge is -2.28. The van der Waals surface area contributed by atoms with Crippen molar-refractivity contribution in [1.29, 1.82) is 0 Å². The van der Waals surface area contributed by atoms with Crippen molar-refractivity contribution in [2.24, 2.45) is 0 Å². The first-order valence-electron chi connectivity index (χ1n) is 9.55. The number of carbonyl (C=O) groups excluding carboxylic acids is 2. The first-order valence-corrected chi connectivity index (χ1v) is 11.4. The fraction of sp³-hybridized carbons (Fsp3) is 0.600. The number of hydrogen-bond donors (Lipinski definition) is 0. The van der Waals surface area contributed by atoms with E-state index in [1.807, 2.05) is 18.2 Å². The summed E-state index contributed by atoms with van der Waals surface area (Å²) in [6.07, 6.45) is 2.27. The fourth-order valence-electron chi connectivity index (χ4n) is 3.66. The van der Waals surface area contributed by atoms with E-state index in [9.17, 15) is 18.0 Å². The molecule has 0 N–H and O–H groups in total. The molecule has 1 aromatic rings. The summed E-state index contributed by atoms with van der Waals surface area (Å²) in [4.78, 5) is 28.2. The van der Waals surface area contributed by atoms with Gasteiger partial charge in [-0.1, -0.05) is 32.0 Å². The Balaban J connectivity index is 2.14. The van der Waals surface area contributed by atoms with E-state index in [-0.39, 0.29) is 35.8 Å². The van der Waals surface area contributed by atoms with Gasteiger partial charge in [-0.25, -0.2) is 8.42 Å². The molecule has 0 spiro atoms. The van der Waals surface area contributed by atoms with E-state index in [1.165, 1.54) is 11.8 Å². The molecule has 1 saturated heterocycles. The second-order valence-electron chi connectivity index (χ2n) is 7.11. The van der Waals surface area contributed by atoms with Crippen LogP contribution in [0.1, 0.15) is 44.7 Å². The third kappa shape index (κ3) is 5.09. The Hall–Kier alpha value is -1.89. The molecule has 1 unspecified atom stereocenters. The fourth-order valence-corrected chi connectivity index (χ4v) is 5.43. The van der Waals surface area contributed by atoms with Gasteiger partial charge in [0.05, 0.1) is 11.5 Å². The first kappa shape index (κ1) is 21.4. The van der Waals surface area contributed by atoms with E-state index in [2.05, 4.69) is 13.8 Å². The Bertz CT molecular complexity index is 782. The van der Waals surface area contributed by atoms with E-state index < -0.39 is 9.84 Å². The van der Waals surface area contributed by atoms with Crippen LogP contribution in [0.2, 0.25) is 0 Å². The Labute approximate surface area is 162 Å². The highest BCUT2D eigenvalue weighted by Gasteiger charge is 2.32. The zero-order valence-corrected chi connectivity index (χ0v) is 17.5. The Morgan fingerprint density at radius 3 is 2.19 bits per heavy atom. The Kier molecular flexibility index (Phi) is 7.03. The van der Waals surface area contributed by atoms with Crippen molar-refractivity contribution in [3.63, 3.8) is 0 Å². The minimum Gasteiger partial charge on any atom is -0.342 e. The van der Waals surface area contributed by atoms with Crippen LogP contribution in [0.25, 0.3) is 0 Å². The van der Waals surface area contributed by atoms with Gasteiger partial charge in [0.15, 0.2) is 9.84 Å². The van der Waals surface area contributed by atoms with Crippen molar-refractivity contribution in [1.82, 2.24) is 4.90 Å². The third-order valence-corrected chi connectivity index (χ3v) is 7.06. The average molecular weight is 395 g/mol. The van der Waals surface area contributed by atoms with Gasteiger partial charge in [0, 0.05) is 38.7 Å². The number of anilines is 1. The van der Waals surface area contributed by atoms with Gasteiger partial charge in [-0.15, -0.1) is 0 Å². The van der Waals surface area contributed by atoms with Crippen molar-refractivity contribution in [2.45, 2.75) is 52.5 Å². The summed E-state index contributed by atoms with van der Waals surface area (Å²) in [5.74, 6) is -0.0528. The van der Waals surface area contributed by atoms with Crippen LogP contribution >= 0.6 is 0 Å². The Morgan fingerprint density at radius 1 is 1.15 bits per heavy atom. The predicted molar refractivity (Wildman–Crippen MR) is 108 cm³/mol. The lowest BCUT2D eigenvalue weighted by Crippen LogP contribution is -2.40. The van der Waals surface area contributed by atoms with Gasteiger partial charge in [-0.2, -0.15) is 0 Å². The molecule has 7 heteroatoms. The maximum absolute atomic E-state index is 12.6. The zero-order chi connectivity index (χ0) is 20.2. The second kappa shape index (κ2) is 8.87. The Morgan fingerprint density at radius 2 is 1.74 bits per heavy atom. The maximum atomic E-state index is 12.6. The molecule has 150 valence electrons. The number of amides is 2. The highest BCUT2D eigenvalue weighted by atomic mass is 32.2. The van der Waals surface area contributed by atoms with Crippen LogP contribution in [0.15, 0.2) is 18.2 Å². The highest BCUT2D eigenvalue weighted by molar-refractivity contribution is 7.91. The molecule has 1 aromatic carbocycles. The number of sulfone groups is 1. The molecule has 0 radical (unpaired) electrons. The summed E-state index contributed by atoms with van der Waals surface area (Å²) in [5.41, 5.74) is 3.09. The van der Waals surface area contributed by atoms with Crippen LogP contribution in [0.3, 0.4) is 0 Å². The van der Waals surface area contributed by atoms with Crippen LogP contribution in [-0.2, 0) is 32.3 Å². The molecular formula is C20H30N2O4S. The van der Waals surface area contributed by atoms with Crippen LogP contribution in [0.5, 0.6) is 0 Å². The molecule has 0 aromatic heterocycles. The van der Waals surface area contributed by atoms with E-state index in [0.29, 0.717) is 13.0 Å². The molecule has 1 fully saturated rings. The smallest absolute Gasteiger partial charge is 0.224 e. The molecular weight excluding hydrogens is 364 g/mol. The van der Waals surface area contributed by atoms with Gasteiger partial charge in [-0.05, 0) is 30.4 Å².